The van der Waals surface area contributed by atoms with Crippen molar-refractivity contribution in [3.05, 3.63) is 35.9 Å². The summed E-state index contributed by atoms with van der Waals surface area (Å²) < 4.78 is 0. The Morgan fingerprint density at radius 1 is 1.05 bits per heavy atom. The van der Waals surface area contributed by atoms with Crippen LogP contribution in [0.2, 0.25) is 0 Å². The van der Waals surface area contributed by atoms with Crippen LogP contribution in [0.3, 0.4) is 0 Å². The van der Waals surface area contributed by atoms with Gasteiger partial charge >= 0.3 is 0 Å². The molecule has 1 aromatic carbocycles. The van der Waals surface area contributed by atoms with Crippen molar-refractivity contribution < 1.29 is 0 Å². The van der Waals surface area contributed by atoms with Crippen LogP contribution >= 0.6 is 0 Å². The van der Waals surface area contributed by atoms with E-state index in [2.05, 4.69) is 61.2 Å². The molecule has 0 spiro atoms. The first-order chi connectivity index (χ1) is 9.22. The maximum absolute atomic E-state index is 2.54. The highest BCUT2D eigenvalue weighted by Gasteiger charge is 2.08. The lowest BCUT2D eigenvalue weighted by atomic mass is 10.1. The van der Waals surface area contributed by atoms with Gasteiger partial charge in [0.15, 0.2) is 0 Å². The lowest BCUT2D eigenvalue weighted by molar-refractivity contribution is 0.339. The maximum Gasteiger partial charge on any atom is 0.00157 e. The fourth-order valence-corrected chi connectivity index (χ4v) is 2.32. The number of likely N-dealkylation sites (tertiary alicyclic amines) is 1. The molecule has 0 unspecified atom stereocenters. The highest BCUT2D eigenvalue weighted by molar-refractivity contribution is 5.14. The standard InChI is InChI=1S/C10H15N.C7H15N/c1-11(2)9-8-10-6-4-3-5-7-10;1-2-5-8-6-3-4-7-8/h3-7H,8-9H2,1-2H3;2-7H2,1H3. The molecule has 2 nitrogen and oxygen atoms in total. The van der Waals surface area contributed by atoms with Crippen LogP contribution in [0, 0.1) is 0 Å². The number of hydrogen-bond donors (Lipinski definition) is 0. The fraction of sp³-hybridized carbons (Fsp3) is 0.647. The highest BCUT2D eigenvalue weighted by atomic mass is 15.1. The van der Waals surface area contributed by atoms with E-state index < -0.39 is 0 Å². The van der Waals surface area contributed by atoms with Crippen molar-refractivity contribution in [2.24, 2.45) is 0 Å². The van der Waals surface area contributed by atoms with Crippen LogP contribution in [0.25, 0.3) is 0 Å². The van der Waals surface area contributed by atoms with Gasteiger partial charge in [0.25, 0.3) is 0 Å². The van der Waals surface area contributed by atoms with E-state index in [9.17, 15) is 0 Å². The first-order valence-corrected chi connectivity index (χ1v) is 7.63. The van der Waals surface area contributed by atoms with Crippen LogP contribution in [0.15, 0.2) is 30.3 Å². The minimum Gasteiger partial charge on any atom is -0.309 e. The van der Waals surface area contributed by atoms with E-state index in [-0.39, 0.29) is 0 Å². The first-order valence-electron chi connectivity index (χ1n) is 7.63. The third-order valence-electron chi connectivity index (χ3n) is 3.43. The Labute approximate surface area is 119 Å². The third-order valence-corrected chi connectivity index (χ3v) is 3.43. The molecule has 2 rings (SSSR count). The van der Waals surface area contributed by atoms with Crippen LogP contribution < -0.4 is 0 Å². The summed E-state index contributed by atoms with van der Waals surface area (Å²) in [6.45, 7) is 7.41. The average molecular weight is 262 g/mol. The number of rotatable bonds is 5. The Bertz CT molecular complexity index is 302. The van der Waals surface area contributed by atoms with Gasteiger partial charge < -0.3 is 9.80 Å². The van der Waals surface area contributed by atoms with E-state index in [0.717, 1.165) is 13.0 Å². The molecule has 0 amide bonds. The normalized spacial score (nSPS) is 15.4. The molecule has 0 N–H and O–H groups in total. The average Bonchev–Trinajstić information content (AvgIpc) is 2.92. The van der Waals surface area contributed by atoms with Crippen LogP contribution in [0.5, 0.6) is 0 Å². The second-order valence-electron chi connectivity index (χ2n) is 5.59. The second-order valence-corrected chi connectivity index (χ2v) is 5.59. The molecule has 19 heavy (non-hydrogen) atoms. The molecular formula is C17H30N2. The van der Waals surface area contributed by atoms with E-state index in [4.69, 9.17) is 0 Å². The zero-order valence-corrected chi connectivity index (χ0v) is 12.9. The summed E-state index contributed by atoms with van der Waals surface area (Å²) in [7, 11) is 4.20. The molecule has 1 fully saturated rings. The fourth-order valence-electron chi connectivity index (χ4n) is 2.32. The van der Waals surface area contributed by atoms with Crippen molar-refractivity contribution >= 4 is 0 Å². The van der Waals surface area contributed by atoms with Crippen LogP contribution in [-0.2, 0) is 6.42 Å². The van der Waals surface area contributed by atoms with Gasteiger partial charge in [-0.2, -0.15) is 0 Å². The largest absolute Gasteiger partial charge is 0.309 e. The van der Waals surface area contributed by atoms with Crippen molar-refractivity contribution in [3.8, 4) is 0 Å². The van der Waals surface area contributed by atoms with Crippen molar-refractivity contribution in [2.75, 3.05) is 40.3 Å². The molecule has 1 aromatic rings. The SMILES string of the molecule is CCCN1CCCC1.CN(C)CCc1ccccc1. The molecule has 0 bridgehead atoms. The van der Waals surface area contributed by atoms with Crippen molar-refractivity contribution in [3.63, 3.8) is 0 Å². The van der Waals surface area contributed by atoms with E-state index >= 15 is 0 Å². The maximum atomic E-state index is 2.54. The predicted molar refractivity (Wildman–Crippen MR) is 84.7 cm³/mol. The van der Waals surface area contributed by atoms with Gasteiger partial charge in [0, 0.05) is 6.54 Å². The number of nitrogens with zero attached hydrogens (tertiary/aromatic N) is 2. The molecule has 1 aliphatic rings. The topological polar surface area (TPSA) is 6.48 Å². The second kappa shape index (κ2) is 9.99. The molecule has 1 aliphatic heterocycles. The monoisotopic (exact) mass is 262 g/mol. The Morgan fingerprint density at radius 2 is 1.68 bits per heavy atom. The van der Waals surface area contributed by atoms with Gasteiger partial charge in [-0.1, -0.05) is 37.3 Å². The smallest absolute Gasteiger partial charge is 0.00157 e. The van der Waals surface area contributed by atoms with Crippen molar-refractivity contribution in [1.82, 2.24) is 9.80 Å². The summed E-state index contributed by atoms with van der Waals surface area (Å²) in [5, 5.41) is 0. The van der Waals surface area contributed by atoms with Gasteiger partial charge in [0.2, 0.25) is 0 Å². The molecule has 0 aliphatic carbocycles. The predicted octanol–water partition coefficient (Wildman–Crippen LogP) is 3.28. The highest BCUT2D eigenvalue weighted by Crippen LogP contribution is 2.06. The summed E-state index contributed by atoms with van der Waals surface area (Å²) in [6.07, 6.45) is 5.33. The third kappa shape index (κ3) is 8.02. The van der Waals surface area contributed by atoms with Crippen molar-refractivity contribution in [1.29, 1.82) is 0 Å². The molecule has 108 valence electrons. The minimum absolute atomic E-state index is 1.13. The van der Waals surface area contributed by atoms with Crippen LogP contribution in [0.4, 0.5) is 0 Å². The minimum atomic E-state index is 1.13. The van der Waals surface area contributed by atoms with Gasteiger partial charge in [0.05, 0.1) is 0 Å². The Hall–Kier alpha value is -0.860. The molecule has 0 aromatic heterocycles. The molecule has 1 saturated heterocycles. The molecule has 0 saturated carbocycles. The quantitative estimate of drug-likeness (QED) is 0.803. The van der Waals surface area contributed by atoms with Crippen LogP contribution in [0.1, 0.15) is 31.7 Å². The van der Waals surface area contributed by atoms with Gasteiger partial charge in [-0.3, -0.25) is 0 Å². The molecule has 0 radical (unpaired) electrons. The Kier molecular flexibility index (Phi) is 8.52. The molecule has 2 heteroatoms. The Balaban J connectivity index is 0.000000200. The van der Waals surface area contributed by atoms with E-state index in [0.29, 0.717) is 0 Å². The van der Waals surface area contributed by atoms with Gasteiger partial charge in [-0.15, -0.1) is 0 Å². The van der Waals surface area contributed by atoms with E-state index in [1.807, 2.05) is 0 Å². The van der Waals surface area contributed by atoms with Crippen LogP contribution in [-0.4, -0.2) is 50.1 Å². The van der Waals surface area contributed by atoms with E-state index in [1.54, 1.807) is 0 Å². The van der Waals surface area contributed by atoms with Gasteiger partial charge in [0.1, 0.15) is 0 Å². The number of hydrogen-bond acceptors (Lipinski definition) is 2. The molecular weight excluding hydrogens is 232 g/mol. The summed E-state index contributed by atoms with van der Waals surface area (Å²) in [6, 6.07) is 10.6. The zero-order valence-electron chi connectivity index (χ0n) is 12.9. The molecule has 0 atom stereocenters. The van der Waals surface area contributed by atoms with Gasteiger partial charge in [-0.05, 0) is 65.0 Å². The summed E-state index contributed by atoms with van der Waals surface area (Å²) in [4.78, 5) is 4.74. The lowest BCUT2D eigenvalue weighted by Gasteiger charge is -2.11. The summed E-state index contributed by atoms with van der Waals surface area (Å²) >= 11 is 0. The first kappa shape index (κ1) is 16.2. The number of likely N-dealkylation sites (N-methyl/N-ethyl adjacent to an activating group) is 1. The number of benzene rings is 1. The zero-order chi connectivity index (χ0) is 13.9. The van der Waals surface area contributed by atoms with E-state index in [1.165, 1.54) is 44.5 Å². The van der Waals surface area contributed by atoms with Gasteiger partial charge in [-0.25, -0.2) is 0 Å². The molecule has 1 heterocycles. The lowest BCUT2D eigenvalue weighted by Crippen LogP contribution is -2.19. The van der Waals surface area contributed by atoms with Crippen molar-refractivity contribution in [2.45, 2.75) is 32.6 Å². The summed E-state index contributed by atoms with van der Waals surface area (Å²) in [5.41, 5.74) is 1.42. The Morgan fingerprint density at radius 3 is 2.21 bits per heavy atom. The summed E-state index contributed by atoms with van der Waals surface area (Å²) in [5.74, 6) is 0.